The minimum Gasteiger partial charge on any atom is -0.318 e. The van der Waals surface area contributed by atoms with Gasteiger partial charge in [0.1, 0.15) is 0 Å². The molecule has 0 amide bonds. The van der Waals surface area contributed by atoms with Crippen LogP contribution in [-0.2, 0) is 7.05 Å². The molecular formula is C12H17NO. The predicted molar refractivity (Wildman–Crippen MR) is 57.7 cm³/mol. The Balaban J connectivity index is 2.52. The van der Waals surface area contributed by atoms with Crippen molar-refractivity contribution in [3.63, 3.8) is 0 Å². The van der Waals surface area contributed by atoms with Crippen molar-refractivity contribution >= 4 is 0 Å². The molecule has 1 aliphatic carbocycles. The monoisotopic (exact) mass is 191 g/mol. The van der Waals surface area contributed by atoms with Crippen LogP contribution < -0.4 is 5.56 Å². The first-order chi connectivity index (χ1) is 6.59. The highest BCUT2D eigenvalue weighted by molar-refractivity contribution is 5.27. The molecule has 0 atom stereocenters. The van der Waals surface area contributed by atoms with Crippen LogP contribution in [0.2, 0.25) is 0 Å². The molecule has 1 saturated carbocycles. The van der Waals surface area contributed by atoms with Crippen LogP contribution in [-0.4, -0.2) is 4.57 Å². The van der Waals surface area contributed by atoms with Crippen molar-refractivity contribution < 1.29 is 0 Å². The van der Waals surface area contributed by atoms with Gasteiger partial charge < -0.3 is 4.57 Å². The molecule has 0 aromatic carbocycles. The molecule has 1 aromatic rings. The summed E-state index contributed by atoms with van der Waals surface area (Å²) >= 11 is 0. The van der Waals surface area contributed by atoms with Crippen LogP contribution in [0.1, 0.15) is 49.7 Å². The van der Waals surface area contributed by atoms with Crippen LogP contribution in [0.4, 0.5) is 0 Å². The van der Waals surface area contributed by atoms with Crippen molar-refractivity contribution in [2.75, 3.05) is 0 Å². The molecule has 1 fully saturated rings. The van der Waals surface area contributed by atoms with Crippen molar-refractivity contribution in [3.05, 3.63) is 33.7 Å². The molecule has 0 spiro atoms. The van der Waals surface area contributed by atoms with Gasteiger partial charge in [0.25, 0.3) is 5.56 Å². The number of aryl methyl sites for hydroxylation is 1. The van der Waals surface area contributed by atoms with E-state index in [0.717, 1.165) is 5.56 Å². The first-order valence-electron chi connectivity index (χ1n) is 5.30. The van der Waals surface area contributed by atoms with Crippen LogP contribution in [0.5, 0.6) is 0 Å². The summed E-state index contributed by atoms with van der Waals surface area (Å²) in [4.78, 5) is 11.8. The molecular weight excluding hydrogens is 174 g/mol. The van der Waals surface area contributed by atoms with Gasteiger partial charge in [0, 0.05) is 18.8 Å². The smallest absolute Gasteiger partial charge is 0.253 e. The maximum atomic E-state index is 11.8. The zero-order valence-electron chi connectivity index (χ0n) is 9.08. The fourth-order valence-corrected chi connectivity index (χ4v) is 1.77. The Morgan fingerprint density at radius 3 is 2.57 bits per heavy atom. The van der Waals surface area contributed by atoms with Crippen molar-refractivity contribution in [1.82, 2.24) is 4.57 Å². The third kappa shape index (κ3) is 1.61. The topological polar surface area (TPSA) is 22.0 Å². The van der Waals surface area contributed by atoms with Crippen LogP contribution in [0.15, 0.2) is 17.1 Å². The highest BCUT2D eigenvalue weighted by atomic mass is 16.1. The maximum absolute atomic E-state index is 11.8. The number of nitrogens with zero attached hydrogens (tertiary/aromatic N) is 1. The van der Waals surface area contributed by atoms with E-state index in [-0.39, 0.29) is 5.56 Å². The molecule has 0 saturated heterocycles. The molecule has 1 aromatic heterocycles. The second-order valence-electron chi connectivity index (χ2n) is 4.57. The van der Waals surface area contributed by atoms with E-state index in [9.17, 15) is 4.79 Å². The third-order valence-electron chi connectivity index (χ3n) is 2.92. The van der Waals surface area contributed by atoms with Crippen LogP contribution in [0, 0.1) is 0 Å². The first-order valence-corrected chi connectivity index (χ1v) is 5.30. The lowest BCUT2D eigenvalue weighted by molar-refractivity contribution is 0.776. The van der Waals surface area contributed by atoms with E-state index in [4.69, 9.17) is 0 Å². The molecule has 0 bridgehead atoms. The van der Waals surface area contributed by atoms with Gasteiger partial charge >= 0.3 is 0 Å². The predicted octanol–water partition coefficient (Wildman–Crippen LogP) is 2.39. The summed E-state index contributed by atoms with van der Waals surface area (Å²) in [5, 5.41) is 0. The lowest BCUT2D eigenvalue weighted by atomic mass is 10.0. The van der Waals surface area contributed by atoms with Crippen LogP contribution in [0.25, 0.3) is 0 Å². The molecule has 0 aliphatic heterocycles. The number of rotatable bonds is 2. The normalized spacial score (nSPS) is 16.3. The van der Waals surface area contributed by atoms with Gasteiger partial charge in [0.2, 0.25) is 0 Å². The van der Waals surface area contributed by atoms with E-state index in [1.807, 2.05) is 13.2 Å². The molecule has 1 aliphatic rings. The zero-order chi connectivity index (χ0) is 10.3. The summed E-state index contributed by atoms with van der Waals surface area (Å²) < 4.78 is 1.73. The molecule has 2 nitrogen and oxygen atoms in total. The van der Waals surface area contributed by atoms with E-state index < -0.39 is 0 Å². The van der Waals surface area contributed by atoms with Crippen molar-refractivity contribution in [2.45, 2.75) is 38.5 Å². The molecule has 14 heavy (non-hydrogen) atoms. The summed E-state index contributed by atoms with van der Waals surface area (Å²) in [6.45, 7) is 4.33. The molecule has 0 N–H and O–H groups in total. The summed E-state index contributed by atoms with van der Waals surface area (Å²) in [5.41, 5.74) is 2.49. The average Bonchev–Trinajstić information content (AvgIpc) is 2.92. The largest absolute Gasteiger partial charge is 0.318 e. The Hall–Kier alpha value is -1.05. The van der Waals surface area contributed by atoms with Crippen molar-refractivity contribution in [3.8, 4) is 0 Å². The maximum Gasteiger partial charge on any atom is 0.253 e. The van der Waals surface area contributed by atoms with Crippen LogP contribution in [0.3, 0.4) is 0 Å². The molecule has 1 heterocycles. The van der Waals surface area contributed by atoms with Gasteiger partial charge in [-0.2, -0.15) is 0 Å². The van der Waals surface area contributed by atoms with E-state index >= 15 is 0 Å². The van der Waals surface area contributed by atoms with Gasteiger partial charge in [0.05, 0.1) is 0 Å². The summed E-state index contributed by atoms with van der Waals surface area (Å²) in [6, 6.07) is 2.10. The molecule has 2 heteroatoms. The standard InChI is InChI=1S/C12H17NO/c1-8(2)10-6-11(9-4-5-9)12(14)13(3)7-10/h6-9H,4-5H2,1-3H3. The lowest BCUT2D eigenvalue weighted by Gasteiger charge is -2.10. The van der Waals surface area contributed by atoms with Gasteiger partial charge in [-0.1, -0.05) is 13.8 Å². The number of pyridine rings is 1. The minimum atomic E-state index is 0.192. The average molecular weight is 191 g/mol. The summed E-state index contributed by atoms with van der Waals surface area (Å²) in [7, 11) is 1.85. The highest BCUT2D eigenvalue weighted by Gasteiger charge is 2.27. The number of hydrogen-bond acceptors (Lipinski definition) is 1. The number of aromatic nitrogens is 1. The Morgan fingerprint density at radius 2 is 2.07 bits per heavy atom. The molecule has 0 radical (unpaired) electrons. The highest BCUT2D eigenvalue weighted by Crippen LogP contribution is 2.38. The summed E-state index contributed by atoms with van der Waals surface area (Å²) in [5.74, 6) is 1.05. The zero-order valence-corrected chi connectivity index (χ0v) is 9.08. The van der Waals surface area contributed by atoms with Crippen molar-refractivity contribution in [2.24, 2.45) is 7.05 Å². The van der Waals surface area contributed by atoms with Gasteiger partial charge in [0.15, 0.2) is 0 Å². The van der Waals surface area contributed by atoms with Gasteiger partial charge in [-0.15, -0.1) is 0 Å². The minimum absolute atomic E-state index is 0.192. The van der Waals surface area contributed by atoms with Gasteiger partial charge in [-0.25, -0.2) is 0 Å². The van der Waals surface area contributed by atoms with E-state index in [1.165, 1.54) is 18.4 Å². The second-order valence-corrected chi connectivity index (χ2v) is 4.57. The molecule has 76 valence electrons. The second kappa shape index (κ2) is 3.26. The fraction of sp³-hybridized carbons (Fsp3) is 0.583. The van der Waals surface area contributed by atoms with Crippen LogP contribution >= 0.6 is 0 Å². The third-order valence-corrected chi connectivity index (χ3v) is 2.92. The van der Waals surface area contributed by atoms with Crippen molar-refractivity contribution in [1.29, 1.82) is 0 Å². The Kier molecular flexibility index (Phi) is 2.22. The lowest BCUT2D eigenvalue weighted by Crippen LogP contribution is -2.21. The quantitative estimate of drug-likeness (QED) is 0.703. The number of hydrogen-bond donors (Lipinski definition) is 0. The summed E-state index contributed by atoms with van der Waals surface area (Å²) in [6.07, 6.45) is 4.34. The molecule has 0 unspecified atom stereocenters. The van der Waals surface area contributed by atoms with Gasteiger partial charge in [-0.3, -0.25) is 4.79 Å². The van der Waals surface area contributed by atoms with E-state index in [1.54, 1.807) is 4.57 Å². The van der Waals surface area contributed by atoms with Gasteiger partial charge in [-0.05, 0) is 36.3 Å². The Morgan fingerprint density at radius 1 is 1.43 bits per heavy atom. The Labute approximate surface area is 84.6 Å². The molecule has 2 rings (SSSR count). The van der Waals surface area contributed by atoms with E-state index in [2.05, 4.69) is 19.9 Å². The SMILES string of the molecule is CC(C)c1cc(C2CC2)c(=O)n(C)c1. The first kappa shape index (κ1) is 9.50. The Bertz CT molecular complexity index is 399. The van der Waals surface area contributed by atoms with E-state index in [0.29, 0.717) is 11.8 Å². The fourth-order valence-electron chi connectivity index (χ4n) is 1.77.